The van der Waals surface area contributed by atoms with E-state index >= 15 is 0 Å². The van der Waals surface area contributed by atoms with Gasteiger partial charge >= 0.3 is 0 Å². The minimum atomic E-state index is -0.696. The van der Waals surface area contributed by atoms with Crippen molar-refractivity contribution in [2.75, 3.05) is 13.2 Å². The molecule has 1 atom stereocenters. The number of rotatable bonds is 4. The summed E-state index contributed by atoms with van der Waals surface area (Å²) in [6.07, 6.45) is 3.67. The number of nitrogens with one attached hydrogen (secondary N) is 1. The van der Waals surface area contributed by atoms with Crippen LogP contribution in [-0.2, 0) is 9.59 Å². The van der Waals surface area contributed by atoms with E-state index in [0.717, 1.165) is 12.8 Å². The van der Waals surface area contributed by atoms with Crippen molar-refractivity contribution in [3.05, 3.63) is 0 Å². The molecule has 1 aliphatic heterocycles. The summed E-state index contributed by atoms with van der Waals surface area (Å²) in [5.41, 5.74) is -0.696. The van der Waals surface area contributed by atoms with Crippen LogP contribution in [-0.4, -0.2) is 41.5 Å². The third-order valence-electron chi connectivity index (χ3n) is 4.26. The summed E-state index contributed by atoms with van der Waals surface area (Å²) < 4.78 is 12.4. The lowest BCUT2D eigenvalue weighted by Crippen LogP contribution is -2.70. The van der Waals surface area contributed by atoms with Crippen LogP contribution in [0.25, 0.3) is 0 Å². The maximum atomic E-state index is 12.7. The molecule has 1 saturated heterocycles. The van der Waals surface area contributed by atoms with E-state index < -0.39 is 18.3 Å². The van der Waals surface area contributed by atoms with E-state index in [2.05, 4.69) is 5.32 Å². The number of hydrogen-bond donors (Lipinski definition) is 1. The smallest absolute Gasteiger partial charge is 0.249 e. The Bertz CT molecular complexity index is 364. The first-order chi connectivity index (χ1) is 9.02. The number of piperazine rings is 1. The summed E-state index contributed by atoms with van der Waals surface area (Å²) in [6, 6.07) is -0.453. The highest BCUT2D eigenvalue weighted by Crippen LogP contribution is 2.35. The average Bonchev–Trinajstić information content (AvgIpc) is 2.80. The topological polar surface area (TPSA) is 49.4 Å². The van der Waals surface area contributed by atoms with E-state index in [0.29, 0.717) is 25.8 Å². The van der Waals surface area contributed by atoms with Crippen LogP contribution in [0.5, 0.6) is 0 Å². The Balaban J connectivity index is 2.25. The molecule has 1 spiro atoms. The van der Waals surface area contributed by atoms with Gasteiger partial charge in [-0.2, -0.15) is 0 Å². The summed E-state index contributed by atoms with van der Waals surface area (Å²) in [5.74, 6) is -0.0329. The lowest BCUT2D eigenvalue weighted by atomic mass is 9.87. The van der Waals surface area contributed by atoms with Gasteiger partial charge in [0.25, 0.3) is 0 Å². The predicted molar refractivity (Wildman–Crippen MR) is 70.3 cm³/mol. The summed E-state index contributed by atoms with van der Waals surface area (Å²) >= 11 is 0. The highest BCUT2D eigenvalue weighted by Gasteiger charge is 2.52. The van der Waals surface area contributed by atoms with Gasteiger partial charge in [-0.1, -0.05) is 26.7 Å². The molecule has 1 unspecified atom stereocenters. The summed E-state index contributed by atoms with van der Waals surface area (Å²) in [5, 5.41) is 2.96. The zero-order chi connectivity index (χ0) is 14.0. The molecule has 1 aliphatic carbocycles. The van der Waals surface area contributed by atoms with Gasteiger partial charge in [0.15, 0.2) is 0 Å². The van der Waals surface area contributed by atoms with E-state index in [1.165, 1.54) is 0 Å². The average molecular weight is 270 g/mol. The normalized spacial score (nSPS) is 26.3. The van der Waals surface area contributed by atoms with Gasteiger partial charge in [0.1, 0.15) is 11.6 Å². The molecule has 0 radical (unpaired) electrons. The molecule has 2 fully saturated rings. The summed E-state index contributed by atoms with van der Waals surface area (Å²) in [6.45, 7) is 3.73. The Labute approximate surface area is 113 Å². The van der Waals surface area contributed by atoms with Crippen LogP contribution >= 0.6 is 0 Å². The minimum Gasteiger partial charge on any atom is -0.340 e. The fraction of sp³-hybridized carbons (Fsp3) is 0.857. The molecule has 1 heterocycles. The van der Waals surface area contributed by atoms with Crippen molar-refractivity contribution in [3.8, 4) is 0 Å². The summed E-state index contributed by atoms with van der Waals surface area (Å²) in [4.78, 5) is 26.6. The lowest BCUT2D eigenvalue weighted by molar-refractivity contribution is -0.156. The Hall–Kier alpha value is -1.13. The molecule has 4 nitrogen and oxygen atoms in total. The van der Waals surface area contributed by atoms with Crippen molar-refractivity contribution in [1.82, 2.24) is 10.2 Å². The molecular weight excluding hydrogens is 247 g/mol. The predicted octanol–water partition coefficient (Wildman–Crippen LogP) is 1.64. The lowest BCUT2D eigenvalue weighted by Gasteiger charge is -2.45. The largest absolute Gasteiger partial charge is 0.340 e. The van der Waals surface area contributed by atoms with E-state index in [1.54, 1.807) is 4.90 Å². The number of carbonyl (C=O) groups excluding carboxylic acids is 2. The molecule has 0 aromatic carbocycles. The molecule has 0 bridgehead atoms. The van der Waals surface area contributed by atoms with Gasteiger partial charge in [-0.25, -0.2) is 0 Å². The molecule has 5 heteroatoms. The van der Waals surface area contributed by atoms with Crippen LogP contribution in [0.1, 0.15) is 46.0 Å². The van der Waals surface area contributed by atoms with Crippen LogP contribution in [0.4, 0.5) is 4.39 Å². The van der Waals surface area contributed by atoms with E-state index in [4.69, 9.17) is 0 Å². The first kappa shape index (κ1) is 14.3. The van der Waals surface area contributed by atoms with Gasteiger partial charge < -0.3 is 10.2 Å². The van der Waals surface area contributed by atoms with Crippen molar-refractivity contribution in [2.45, 2.75) is 57.5 Å². The number of halogens is 1. The van der Waals surface area contributed by atoms with Gasteiger partial charge in [0.2, 0.25) is 11.8 Å². The van der Waals surface area contributed by atoms with Gasteiger partial charge in [0, 0.05) is 6.54 Å². The summed E-state index contributed by atoms with van der Waals surface area (Å²) in [7, 11) is 0. The van der Waals surface area contributed by atoms with Crippen molar-refractivity contribution < 1.29 is 14.0 Å². The molecule has 2 amide bonds. The fourth-order valence-corrected chi connectivity index (χ4v) is 3.36. The Morgan fingerprint density at radius 2 is 2.00 bits per heavy atom. The van der Waals surface area contributed by atoms with E-state index in [9.17, 15) is 14.0 Å². The van der Waals surface area contributed by atoms with Crippen LogP contribution < -0.4 is 5.32 Å². The van der Waals surface area contributed by atoms with Crippen LogP contribution in [0.2, 0.25) is 0 Å². The minimum absolute atomic E-state index is 0.00301. The standard InChI is InChI=1S/C14H23FN2O2/c1-10(2)11-12(18)16-14(6-3-4-7-14)13(19)17(11)9-5-8-15/h10-11H,3-9H2,1-2H3,(H,16,18). The van der Waals surface area contributed by atoms with Crippen molar-refractivity contribution in [2.24, 2.45) is 5.92 Å². The SMILES string of the molecule is CC(C)C1C(=O)NC2(CCCC2)C(=O)N1CCCF. The molecule has 0 aromatic rings. The first-order valence-corrected chi connectivity index (χ1v) is 7.21. The van der Waals surface area contributed by atoms with Gasteiger partial charge in [-0.15, -0.1) is 0 Å². The van der Waals surface area contributed by atoms with Crippen LogP contribution in [0.3, 0.4) is 0 Å². The number of carbonyl (C=O) groups is 2. The molecule has 1 saturated carbocycles. The number of nitrogens with zero attached hydrogens (tertiary/aromatic N) is 1. The molecular formula is C14H23FN2O2. The Kier molecular flexibility index (Phi) is 4.11. The maximum absolute atomic E-state index is 12.7. The second kappa shape index (κ2) is 5.47. The molecule has 1 N–H and O–H groups in total. The second-order valence-electron chi connectivity index (χ2n) is 6.01. The van der Waals surface area contributed by atoms with Gasteiger partial charge in [-0.3, -0.25) is 14.0 Å². The van der Waals surface area contributed by atoms with Crippen molar-refractivity contribution in [1.29, 1.82) is 0 Å². The fourth-order valence-electron chi connectivity index (χ4n) is 3.36. The second-order valence-corrected chi connectivity index (χ2v) is 6.01. The zero-order valence-corrected chi connectivity index (χ0v) is 11.7. The van der Waals surface area contributed by atoms with E-state index in [1.807, 2.05) is 13.8 Å². The van der Waals surface area contributed by atoms with Crippen LogP contribution in [0.15, 0.2) is 0 Å². The maximum Gasteiger partial charge on any atom is 0.249 e. The molecule has 2 aliphatic rings. The number of alkyl halides is 1. The monoisotopic (exact) mass is 270 g/mol. The Morgan fingerprint density at radius 3 is 2.53 bits per heavy atom. The van der Waals surface area contributed by atoms with Gasteiger partial charge in [0.05, 0.1) is 6.67 Å². The Morgan fingerprint density at radius 1 is 1.37 bits per heavy atom. The molecule has 19 heavy (non-hydrogen) atoms. The number of hydrogen-bond acceptors (Lipinski definition) is 2. The molecule has 108 valence electrons. The van der Waals surface area contributed by atoms with Gasteiger partial charge in [-0.05, 0) is 25.2 Å². The molecule has 2 rings (SSSR count). The van der Waals surface area contributed by atoms with Crippen LogP contribution in [0, 0.1) is 5.92 Å². The third kappa shape index (κ3) is 2.47. The van der Waals surface area contributed by atoms with E-state index in [-0.39, 0.29) is 17.7 Å². The highest BCUT2D eigenvalue weighted by atomic mass is 19.1. The quantitative estimate of drug-likeness (QED) is 0.844. The molecule has 0 aromatic heterocycles. The zero-order valence-electron chi connectivity index (χ0n) is 11.7. The van der Waals surface area contributed by atoms with Crippen molar-refractivity contribution >= 4 is 11.8 Å². The number of amides is 2. The first-order valence-electron chi connectivity index (χ1n) is 7.21. The third-order valence-corrected chi connectivity index (χ3v) is 4.26. The van der Waals surface area contributed by atoms with Crippen molar-refractivity contribution in [3.63, 3.8) is 0 Å². The highest BCUT2D eigenvalue weighted by molar-refractivity contribution is 6.00.